The molecule has 7 nitrogen and oxygen atoms in total. The van der Waals surface area contributed by atoms with E-state index in [1.807, 2.05) is 0 Å². The Morgan fingerprint density at radius 3 is 2.83 bits per heavy atom. The highest BCUT2D eigenvalue weighted by molar-refractivity contribution is 5.95. The van der Waals surface area contributed by atoms with Crippen LogP contribution >= 0.6 is 0 Å². The molecule has 1 saturated carbocycles. The van der Waals surface area contributed by atoms with Crippen molar-refractivity contribution in [1.29, 1.82) is 0 Å². The van der Waals surface area contributed by atoms with E-state index in [4.69, 9.17) is 4.74 Å². The molecule has 2 aliphatic rings. The van der Waals surface area contributed by atoms with Gasteiger partial charge in [-0.05, 0) is 50.3 Å². The van der Waals surface area contributed by atoms with Crippen molar-refractivity contribution in [3.8, 4) is 0 Å². The van der Waals surface area contributed by atoms with E-state index in [0.717, 1.165) is 37.9 Å². The van der Waals surface area contributed by atoms with Crippen molar-refractivity contribution in [3.63, 3.8) is 0 Å². The monoisotopic (exact) mass is 397 g/mol. The van der Waals surface area contributed by atoms with Gasteiger partial charge in [-0.1, -0.05) is 19.8 Å². The van der Waals surface area contributed by atoms with Crippen molar-refractivity contribution in [2.45, 2.75) is 71.1 Å². The van der Waals surface area contributed by atoms with Gasteiger partial charge in [0.05, 0.1) is 16.5 Å². The summed E-state index contributed by atoms with van der Waals surface area (Å²) in [5.41, 5.74) is 0.709. The van der Waals surface area contributed by atoms with Crippen LogP contribution in [0, 0.1) is 5.92 Å². The summed E-state index contributed by atoms with van der Waals surface area (Å²) in [5, 5.41) is 3.51. The van der Waals surface area contributed by atoms with Gasteiger partial charge in [-0.2, -0.15) is 0 Å². The van der Waals surface area contributed by atoms with Gasteiger partial charge in [0.1, 0.15) is 5.82 Å². The molecule has 29 heavy (non-hydrogen) atoms. The molecule has 2 heterocycles. The summed E-state index contributed by atoms with van der Waals surface area (Å²) in [6, 6.07) is 4.88. The largest absolute Gasteiger partial charge is 0.449 e. The Morgan fingerprint density at radius 2 is 2.03 bits per heavy atom. The van der Waals surface area contributed by atoms with E-state index in [1.165, 1.54) is 6.42 Å². The van der Waals surface area contributed by atoms with E-state index in [-0.39, 0.29) is 23.1 Å². The van der Waals surface area contributed by atoms with Crippen LogP contribution in [0.4, 0.5) is 0 Å². The van der Waals surface area contributed by atoms with Gasteiger partial charge in [0.25, 0.3) is 11.5 Å². The van der Waals surface area contributed by atoms with Gasteiger partial charge >= 0.3 is 5.97 Å². The number of benzene rings is 1. The third kappa shape index (κ3) is 3.91. The highest BCUT2D eigenvalue weighted by atomic mass is 16.5. The average Bonchev–Trinajstić information content (AvgIpc) is 3.18. The molecule has 0 spiro atoms. The Balaban J connectivity index is 1.46. The van der Waals surface area contributed by atoms with Crippen LogP contribution in [0.25, 0.3) is 10.9 Å². The van der Waals surface area contributed by atoms with E-state index in [1.54, 1.807) is 29.7 Å². The van der Waals surface area contributed by atoms with Crippen LogP contribution in [0.3, 0.4) is 0 Å². The molecular formula is C22H27N3O4. The van der Waals surface area contributed by atoms with Crippen molar-refractivity contribution >= 4 is 22.8 Å². The summed E-state index contributed by atoms with van der Waals surface area (Å²) in [4.78, 5) is 42.1. The van der Waals surface area contributed by atoms with E-state index >= 15 is 0 Å². The van der Waals surface area contributed by atoms with Gasteiger partial charge in [-0.15, -0.1) is 0 Å². The maximum absolute atomic E-state index is 12.6. The Morgan fingerprint density at radius 1 is 1.24 bits per heavy atom. The predicted octanol–water partition coefficient (Wildman–Crippen LogP) is 2.58. The molecule has 154 valence electrons. The molecule has 1 fully saturated rings. The molecule has 0 radical (unpaired) electrons. The van der Waals surface area contributed by atoms with Crippen LogP contribution in [0.2, 0.25) is 0 Å². The number of carbonyl (C=O) groups is 2. The zero-order valence-corrected chi connectivity index (χ0v) is 16.9. The SMILES string of the molecule is C[C@H](OC(=O)c1ccc2c(=O)n3c(nc2c1)CCC3)C(=O)N[C@@H]1CCCC[C@H]1C. The van der Waals surface area contributed by atoms with E-state index < -0.39 is 12.1 Å². The molecule has 3 atom stereocenters. The number of hydrogen-bond acceptors (Lipinski definition) is 5. The van der Waals surface area contributed by atoms with Crippen molar-refractivity contribution in [1.82, 2.24) is 14.9 Å². The van der Waals surface area contributed by atoms with Gasteiger partial charge in [0.15, 0.2) is 6.10 Å². The lowest BCUT2D eigenvalue weighted by molar-refractivity contribution is -0.130. The molecule has 4 rings (SSSR count). The topological polar surface area (TPSA) is 90.3 Å². The lowest BCUT2D eigenvalue weighted by Gasteiger charge is -2.30. The molecule has 1 aromatic heterocycles. The fourth-order valence-corrected chi connectivity index (χ4v) is 4.32. The molecule has 1 aliphatic heterocycles. The van der Waals surface area contributed by atoms with Gasteiger partial charge in [0.2, 0.25) is 0 Å². The fraction of sp³-hybridized carbons (Fsp3) is 0.545. The molecule has 2 aromatic rings. The Labute approximate surface area is 169 Å². The first-order chi connectivity index (χ1) is 13.9. The van der Waals surface area contributed by atoms with Crippen LogP contribution in [0.5, 0.6) is 0 Å². The number of hydrogen-bond donors (Lipinski definition) is 1. The highest BCUT2D eigenvalue weighted by Gasteiger charge is 2.27. The zero-order valence-electron chi connectivity index (χ0n) is 16.9. The fourth-order valence-electron chi connectivity index (χ4n) is 4.32. The number of rotatable bonds is 4. The first kappa shape index (κ1) is 19.6. The number of carbonyl (C=O) groups excluding carboxylic acids is 2. The minimum Gasteiger partial charge on any atom is -0.449 e. The summed E-state index contributed by atoms with van der Waals surface area (Å²) >= 11 is 0. The number of nitrogens with one attached hydrogen (secondary N) is 1. The van der Waals surface area contributed by atoms with Crippen LogP contribution in [-0.4, -0.2) is 33.6 Å². The summed E-state index contributed by atoms with van der Waals surface area (Å²) in [5.74, 6) is 0.325. The van der Waals surface area contributed by atoms with Crippen LogP contribution < -0.4 is 10.9 Å². The Bertz CT molecular complexity index is 1010. The van der Waals surface area contributed by atoms with Gasteiger partial charge < -0.3 is 10.1 Å². The van der Waals surface area contributed by atoms with E-state index in [0.29, 0.717) is 23.4 Å². The average molecular weight is 397 g/mol. The Kier molecular flexibility index (Phi) is 5.39. The van der Waals surface area contributed by atoms with Crippen molar-refractivity contribution < 1.29 is 14.3 Å². The molecule has 0 bridgehead atoms. The van der Waals surface area contributed by atoms with Gasteiger partial charge in [0, 0.05) is 19.0 Å². The van der Waals surface area contributed by atoms with Crippen LogP contribution in [-0.2, 0) is 22.5 Å². The van der Waals surface area contributed by atoms with E-state index in [9.17, 15) is 14.4 Å². The smallest absolute Gasteiger partial charge is 0.338 e. The number of aromatic nitrogens is 2. The minimum atomic E-state index is -0.883. The predicted molar refractivity (Wildman–Crippen MR) is 109 cm³/mol. The lowest BCUT2D eigenvalue weighted by Crippen LogP contribution is -2.45. The second kappa shape index (κ2) is 7.97. The van der Waals surface area contributed by atoms with Crippen molar-refractivity contribution in [2.75, 3.05) is 0 Å². The first-order valence-electron chi connectivity index (χ1n) is 10.5. The first-order valence-corrected chi connectivity index (χ1v) is 10.5. The van der Waals surface area contributed by atoms with Crippen molar-refractivity contribution in [3.05, 3.63) is 39.9 Å². The molecule has 1 amide bonds. The number of nitrogens with zero attached hydrogens (tertiary/aromatic N) is 2. The van der Waals surface area contributed by atoms with E-state index in [2.05, 4.69) is 17.2 Å². The quantitative estimate of drug-likeness (QED) is 0.801. The minimum absolute atomic E-state index is 0.0724. The van der Waals surface area contributed by atoms with Gasteiger partial charge in [-0.25, -0.2) is 9.78 Å². The molecule has 1 N–H and O–H groups in total. The molecule has 1 aliphatic carbocycles. The third-order valence-electron chi connectivity index (χ3n) is 6.14. The maximum atomic E-state index is 12.6. The number of fused-ring (bicyclic) bond motifs is 2. The second-order valence-corrected chi connectivity index (χ2v) is 8.24. The number of aryl methyl sites for hydroxylation is 1. The highest BCUT2D eigenvalue weighted by Crippen LogP contribution is 2.24. The molecule has 7 heteroatoms. The molecule has 0 saturated heterocycles. The summed E-state index contributed by atoms with van der Waals surface area (Å²) < 4.78 is 7.08. The maximum Gasteiger partial charge on any atom is 0.338 e. The number of ether oxygens (including phenoxy) is 1. The summed E-state index contributed by atoms with van der Waals surface area (Å²) in [6.45, 7) is 4.41. The lowest BCUT2D eigenvalue weighted by atomic mass is 9.86. The standard InChI is InChI=1S/C22H27N3O4/c1-13-6-3-4-7-17(13)24-20(26)14(2)29-22(28)15-9-10-16-18(12-15)23-19-8-5-11-25(19)21(16)27/h9-10,12-14,17H,3-8,11H2,1-2H3,(H,24,26)/t13-,14+,17-/m1/s1. The zero-order chi connectivity index (χ0) is 20.5. The molecular weight excluding hydrogens is 370 g/mol. The number of amides is 1. The number of esters is 1. The third-order valence-corrected chi connectivity index (χ3v) is 6.14. The second-order valence-electron chi connectivity index (χ2n) is 8.24. The van der Waals surface area contributed by atoms with Crippen LogP contribution in [0.15, 0.2) is 23.0 Å². The van der Waals surface area contributed by atoms with Crippen LogP contribution in [0.1, 0.15) is 62.1 Å². The summed E-state index contributed by atoms with van der Waals surface area (Å²) in [6.07, 6.45) is 5.15. The van der Waals surface area contributed by atoms with Gasteiger partial charge in [-0.3, -0.25) is 14.2 Å². The van der Waals surface area contributed by atoms with Crippen molar-refractivity contribution in [2.24, 2.45) is 5.92 Å². The normalized spacial score (nSPS) is 22.1. The molecule has 0 unspecified atom stereocenters. The summed E-state index contributed by atoms with van der Waals surface area (Å²) in [7, 11) is 0. The molecule has 1 aromatic carbocycles. The Hall–Kier alpha value is -2.70.